The van der Waals surface area contributed by atoms with Gasteiger partial charge >= 0.3 is 0 Å². The van der Waals surface area contributed by atoms with Crippen molar-refractivity contribution in [1.29, 1.82) is 0 Å². The Labute approximate surface area is 136 Å². The van der Waals surface area contributed by atoms with Crippen molar-refractivity contribution in [2.45, 2.75) is 13.8 Å². The predicted molar refractivity (Wildman–Crippen MR) is 97.0 cm³/mol. The van der Waals surface area contributed by atoms with Gasteiger partial charge < -0.3 is 5.32 Å². The van der Waals surface area contributed by atoms with Crippen LogP contribution in [0.3, 0.4) is 0 Å². The Morgan fingerprint density at radius 2 is 1.74 bits per heavy atom. The largest absolute Gasteiger partial charge is 0.361 e. The number of fused-ring (bicyclic) bond motifs is 1. The molecule has 3 rings (SSSR count). The normalized spacial score (nSPS) is 11.0. The lowest BCUT2D eigenvalue weighted by atomic mass is 10.0. The number of allylic oxidation sites excluding steroid dienone is 1. The summed E-state index contributed by atoms with van der Waals surface area (Å²) in [5, 5.41) is 5.26. The fraction of sp³-hybridized carbons (Fsp3) is 0.0952. The molecule has 0 atom stereocenters. The number of hydrogen-bond acceptors (Lipinski definition) is 2. The summed E-state index contributed by atoms with van der Waals surface area (Å²) in [6, 6.07) is 20.0. The summed E-state index contributed by atoms with van der Waals surface area (Å²) in [6.07, 6.45) is 3.30. The van der Waals surface area contributed by atoms with Crippen LogP contribution in [0.2, 0.25) is 0 Å². The topological polar surface area (TPSA) is 29.1 Å². The molecule has 0 bridgehead atoms. The minimum absolute atomic E-state index is 0.000365. The number of hydrogen-bond donors (Lipinski definition) is 1. The second-order valence-electron chi connectivity index (χ2n) is 5.69. The van der Waals surface area contributed by atoms with Gasteiger partial charge in [0.2, 0.25) is 0 Å². The van der Waals surface area contributed by atoms with Crippen molar-refractivity contribution in [3.05, 3.63) is 89.6 Å². The third kappa shape index (κ3) is 3.32. The van der Waals surface area contributed by atoms with Crippen LogP contribution in [0.5, 0.6) is 0 Å². The molecule has 0 saturated carbocycles. The lowest BCUT2D eigenvalue weighted by Gasteiger charge is -2.06. The number of ketones is 1. The van der Waals surface area contributed by atoms with Gasteiger partial charge in [-0.2, -0.15) is 0 Å². The molecule has 23 heavy (non-hydrogen) atoms. The summed E-state index contributed by atoms with van der Waals surface area (Å²) in [6.45, 7) is 4.09. The van der Waals surface area contributed by atoms with Crippen LogP contribution < -0.4 is 5.32 Å². The highest BCUT2D eigenvalue weighted by Crippen LogP contribution is 2.20. The zero-order chi connectivity index (χ0) is 16.2. The SMILES string of the molecule is Cc1ccc(C)c(N/C=C/C(=O)c2cccc3ccccc23)c1. The minimum Gasteiger partial charge on any atom is -0.361 e. The molecule has 0 aromatic heterocycles. The Bertz CT molecular complexity index is 888. The second kappa shape index (κ2) is 6.49. The number of carbonyl (C=O) groups is 1. The Morgan fingerprint density at radius 1 is 0.957 bits per heavy atom. The van der Waals surface area contributed by atoms with Crippen molar-refractivity contribution in [1.82, 2.24) is 0 Å². The van der Waals surface area contributed by atoms with E-state index in [2.05, 4.69) is 30.4 Å². The van der Waals surface area contributed by atoms with Gasteiger partial charge in [0, 0.05) is 23.5 Å². The maximum Gasteiger partial charge on any atom is 0.187 e. The molecular weight excluding hydrogens is 282 g/mol. The molecule has 0 aliphatic heterocycles. The average Bonchev–Trinajstić information content (AvgIpc) is 2.57. The Balaban J connectivity index is 1.82. The molecule has 114 valence electrons. The third-order valence-electron chi connectivity index (χ3n) is 3.92. The van der Waals surface area contributed by atoms with Crippen LogP contribution in [0.25, 0.3) is 10.8 Å². The van der Waals surface area contributed by atoms with Crippen molar-refractivity contribution in [3.8, 4) is 0 Å². The van der Waals surface area contributed by atoms with Crippen LogP contribution in [0.15, 0.2) is 72.9 Å². The summed E-state index contributed by atoms with van der Waals surface area (Å²) in [4.78, 5) is 12.5. The molecule has 0 unspecified atom stereocenters. The Morgan fingerprint density at radius 3 is 2.61 bits per heavy atom. The molecule has 0 saturated heterocycles. The smallest absolute Gasteiger partial charge is 0.187 e. The summed E-state index contributed by atoms with van der Waals surface area (Å²) in [7, 11) is 0. The van der Waals surface area contributed by atoms with Gasteiger partial charge in [-0.05, 0) is 41.8 Å². The lowest BCUT2D eigenvalue weighted by Crippen LogP contribution is -1.98. The molecule has 0 spiro atoms. The predicted octanol–water partition coefficient (Wildman–Crippen LogP) is 5.27. The van der Waals surface area contributed by atoms with Crippen molar-refractivity contribution in [2.75, 3.05) is 5.32 Å². The van der Waals surface area contributed by atoms with Crippen molar-refractivity contribution in [2.24, 2.45) is 0 Å². The number of anilines is 1. The fourth-order valence-electron chi connectivity index (χ4n) is 2.63. The monoisotopic (exact) mass is 301 g/mol. The van der Waals surface area contributed by atoms with E-state index in [0.29, 0.717) is 0 Å². The van der Waals surface area contributed by atoms with E-state index in [4.69, 9.17) is 0 Å². The number of aryl methyl sites for hydroxylation is 2. The van der Waals surface area contributed by atoms with Gasteiger partial charge in [-0.3, -0.25) is 4.79 Å². The highest BCUT2D eigenvalue weighted by atomic mass is 16.1. The molecule has 0 amide bonds. The maximum absolute atomic E-state index is 12.5. The number of nitrogens with one attached hydrogen (secondary N) is 1. The summed E-state index contributed by atoms with van der Waals surface area (Å²) in [5.74, 6) is -0.000365. The van der Waals surface area contributed by atoms with E-state index in [-0.39, 0.29) is 5.78 Å². The van der Waals surface area contributed by atoms with E-state index < -0.39 is 0 Å². The third-order valence-corrected chi connectivity index (χ3v) is 3.92. The number of rotatable bonds is 4. The number of benzene rings is 3. The van der Waals surface area contributed by atoms with Crippen LogP contribution in [0, 0.1) is 13.8 Å². The van der Waals surface area contributed by atoms with Crippen LogP contribution in [-0.2, 0) is 0 Å². The quantitative estimate of drug-likeness (QED) is 0.525. The van der Waals surface area contributed by atoms with Gasteiger partial charge in [-0.15, -0.1) is 0 Å². The van der Waals surface area contributed by atoms with Gasteiger partial charge in [0.1, 0.15) is 0 Å². The zero-order valence-electron chi connectivity index (χ0n) is 13.3. The van der Waals surface area contributed by atoms with E-state index in [1.807, 2.05) is 49.4 Å². The highest BCUT2D eigenvalue weighted by Gasteiger charge is 2.06. The highest BCUT2D eigenvalue weighted by molar-refractivity contribution is 6.13. The first-order valence-electron chi connectivity index (χ1n) is 7.67. The second-order valence-corrected chi connectivity index (χ2v) is 5.69. The fourth-order valence-corrected chi connectivity index (χ4v) is 2.63. The molecule has 2 nitrogen and oxygen atoms in total. The molecule has 0 aliphatic rings. The Hall–Kier alpha value is -2.87. The summed E-state index contributed by atoms with van der Waals surface area (Å²) >= 11 is 0. The van der Waals surface area contributed by atoms with Gasteiger partial charge in [0.15, 0.2) is 5.78 Å². The van der Waals surface area contributed by atoms with E-state index in [9.17, 15) is 4.79 Å². The van der Waals surface area contributed by atoms with E-state index >= 15 is 0 Å². The van der Waals surface area contributed by atoms with E-state index in [0.717, 1.165) is 27.6 Å². The first-order chi connectivity index (χ1) is 11.1. The van der Waals surface area contributed by atoms with Crippen molar-refractivity contribution in [3.63, 3.8) is 0 Å². The maximum atomic E-state index is 12.5. The summed E-state index contributed by atoms with van der Waals surface area (Å²) < 4.78 is 0. The standard InChI is InChI=1S/C21H19NO/c1-15-10-11-16(2)20(14-15)22-13-12-21(23)19-9-5-7-17-6-3-4-8-18(17)19/h3-14,22H,1-2H3/b13-12+. The molecule has 3 aromatic carbocycles. The first-order valence-corrected chi connectivity index (χ1v) is 7.67. The molecule has 3 aromatic rings. The van der Waals surface area contributed by atoms with Gasteiger partial charge in [-0.25, -0.2) is 0 Å². The molecule has 0 radical (unpaired) electrons. The first kappa shape index (κ1) is 15.0. The van der Waals surface area contributed by atoms with Crippen LogP contribution >= 0.6 is 0 Å². The molecule has 0 aliphatic carbocycles. The van der Waals surface area contributed by atoms with Crippen LogP contribution in [0.4, 0.5) is 5.69 Å². The molecule has 2 heteroatoms. The van der Waals surface area contributed by atoms with Crippen LogP contribution in [0.1, 0.15) is 21.5 Å². The van der Waals surface area contributed by atoms with Gasteiger partial charge in [0.25, 0.3) is 0 Å². The van der Waals surface area contributed by atoms with Crippen molar-refractivity contribution >= 4 is 22.2 Å². The van der Waals surface area contributed by atoms with E-state index in [1.54, 1.807) is 12.3 Å². The minimum atomic E-state index is -0.000365. The molecule has 1 N–H and O–H groups in total. The molecule has 0 heterocycles. The van der Waals surface area contributed by atoms with Crippen LogP contribution in [-0.4, -0.2) is 5.78 Å². The number of carbonyl (C=O) groups excluding carboxylic acids is 1. The Kier molecular flexibility index (Phi) is 4.24. The summed E-state index contributed by atoms with van der Waals surface area (Å²) in [5.41, 5.74) is 4.08. The average molecular weight is 301 g/mol. The van der Waals surface area contributed by atoms with Crippen molar-refractivity contribution < 1.29 is 4.79 Å². The van der Waals surface area contributed by atoms with Gasteiger partial charge in [0.05, 0.1) is 0 Å². The zero-order valence-corrected chi connectivity index (χ0v) is 13.3. The van der Waals surface area contributed by atoms with E-state index in [1.165, 1.54) is 5.56 Å². The van der Waals surface area contributed by atoms with Gasteiger partial charge in [-0.1, -0.05) is 54.6 Å². The molecular formula is C21H19NO. The lowest BCUT2D eigenvalue weighted by molar-refractivity contribution is 0.104. The molecule has 0 fully saturated rings.